The molecule has 1 aromatic heterocycles. The minimum Gasteiger partial charge on any atom is -0.205 e. The van der Waals surface area contributed by atoms with E-state index in [9.17, 15) is 4.39 Å². The van der Waals surface area contributed by atoms with Crippen molar-refractivity contribution >= 4 is 0 Å². The summed E-state index contributed by atoms with van der Waals surface area (Å²) in [4.78, 5) is 0. The molecule has 1 aliphatic rings. The third-order valence-corrected chi connectivity index (χ3v) is 2.50. The molecule has 1 saturated carbocycles. The predicted octanol–water partition coefficient (Wildman–Crippen LogP) is 2.48. The van der Waals surface area contributed by atoms with Crippen molar-refractivity contribution < 1.29 is 4.39 Å². The Morgan fingerprint density at radius 1 is 1.46 bits per heavy atom. The van der Waals surface area contributed by atoms with Crippen molar-refractivity contribution in [1.29, 1.82) is 0 Å². The summed E-state index contributed by atoms with van der Waals surface area (Å²) in [5.41, 5.74) is 0.540. The van der Waals surface area contributed by atoms with E-state index in [1.807, 2.05) is 0 Å². The average molecular weight is 179 g/mol. The summed E-state index contributed by atoms with van der Waals surface area (Å²) in [6, 6.07) is 1.39. The van der Waals surface area contributed by atoms with Gasteiger partial charge in [0.2, 0.25) is 0 Å². The van der Waals surface area contributed by atoms with E-state index < -0.39 is 0 Å². The van der Waals surface area contributed by atoms with Crippen molar-refractivity contribution in [3.63, 3.8) is 0 Å². The fraction of sp³-hybridized carbons (Fsp3) is 0.500. The lowest BCUT2D eigenvalue weighted by molar-refractivity contribution is 0.472. The highest BCUT2D eigenvalue weighted by Crippen LogP contribution is 2.31. The largest absolute Gasteiger partial charge is 0.205 e. The van der Waals surface area contributed by atoms with Gasteiger partial charge in [0.05, 0.1) is 6.20 Å². The Morgan fingerprint density at radius 3 is 3.08 bits per heavy atom. The second-order valence-corrected chi connectivity index (χ2v) is 3.42. The van der Waals surface area contributed by atoms with E-state index in [1.165, 1.54) is 12.3 Å². The molecule has 1 unspecified atom stereocenters. The van der Waals surface area contributed by atoms with Gasteiger partial charge in [-0.1, -0.05) is 12.8 Å². The molecule has 0 aliphatic heterocycles. The van der Waals surface area contributed by atoms with Gasteiger partial charge >= 0.3 is 0 Å². The van der Waals surface area contributed by atoms with E-state index in [1.54, 1.807) is 0 Å². The van der Waals surface area contributed by atoms with Crippen molar-refractivity contribution in [2.75, 3.05) is 0 Å². The molecule has 0 aromatic carbocycles. The molecule has 0 N–H and O–H groups in total. The molecule has 69 valence electrons. The van der Waals surface area contributed by atoms with Crippen molar-refractivity contribution in [2.45, 2.75) is 31.6 Å². The molecule has 2 nitrogen and oxygen atoms in total. The van der Waals surface area contributed by atoms with Crippen molar-refractivity contribution in [1.82, 2.24) is 10.2 Å². The number of hydrogen-bond donors (Lipinski definition) is 0. The molecule has 13 heavy (non-hydrogen) atoms. The maximum atomic E-state index is 13.3. The molecule has 1 fully saturated rings. The van der Waals surface area contributed by atoms with Crippen LogP contribution in [0.3, 0.4) is 0 Å². The molecule has 1 heterocycles. The van der Waals surface area contributed by atoms with Crippen LogP contribution in [-0.2, 0) is 0 Å². The molecule has 1 aromatic rings. The Labute approximate surface area is 77.2 Å². The molecular weight excluding hydrogens is 167 g/mol. The first-order valence-electron chi connectivity index (χ1n) is 4.66. The first kappa shape index (κ1) is 8.60. The van der Waals surface area contributed by atoms with Crippen LogP contribution in [0.15, 0.2) is 12.3 Å². The van der Waals surface area contributed by atoms with E-state index in [0.717, 1.165) is 25.7 Å². The molecule has 0 spiro atoms. The van der Waals surface area contributed by atoms with Gasteiger partial charge in [0.15, 0.2) is 0 Å². The van der Waals surface area contributed by atoms with Crippen LogP contribution in [0.2, 0.25) is 0 Å². The molecule has 3 heteroatoms. The van der Waals surface area contributed by atoms with Gasteiger partial charge in [0, 0.05) is 5.92 Å². The SMILES string of the molecule is Fc1ccnnc1C1C[CH]CCC1. The van der Waals surface area contributed by atoms with E-state index in [-0.39, 0.29) is 11.7 Å². The first-order chi connectivity index (χ1) is 6.38. The summed E-state index contributed by atoms with van der Waals surface area (Å²) in [6.07, 6.45) is 7.87. The lowest BCUT2D eigenvalue weighted by Gasteiger charge is -2.20. The maximum Gasteiger partial charge on any atom is 0.148 e. The molecule has 1 aliphatic carbocycles. The zero-order valence-corrected chi connectivity index (χ0v) is 7.41. The van der Waals surface area contributed by atoms with Gasteiger partial charge in [0.25, 0.3) is 0 Å². The predicted molar refractivity (Wildman–Crippen MR) is 47.5 cm³/mol. The Hall–Kier alpha value is -0.990. The molecule has 1 radical (unpaired) electrons. The van der Waals surface area contributed by atoms with Crippen LogP contribution >= 0.6 is 0 Å². The van der Waals surface area contributed by atoms with Gasteiger partial charge in [-0.15, -0.1) is 0 Å². The summed E-state index contributed by atoms with van der Waals surface area (Å²) in [6.45, 7) is 0. The van der Waals surface area contributed by atoms with Gasteiger partial charge in [-0.25, -0.2) is 4.39 Å². The summed E-state index contributed by atoms with van der Waals surface area (Å²) in [5.74, 6) is 0.0396. The van der Waals surface area contributed by atoms with Crippen LogP contribution in [-0.4, -0.2) is 10.2 Å². The van der Waals surface area contributed by atoms with E-state index in [4.69, 9.17) is 0 Å². The van der Waals surface area contributed by atoms with Crippen LogP contribution < -0.4 is 0 Å². The van der Waals surface area contributed by atoms with Gasteiger partial charge in [-0.3, -0.25) is 0 Å². The minimum absolute atomic E-state index is 0.213. The fourth-order valence-electron chi connectivity index (χ4n) is 1.80. The Morgan fingerprint density at radius 2 is 2.38 bits per heavy atom. The molecule has 1 atom stereocenters. The number of aromatic nitrogens is 2. The number of nitrogens with zero attached hydrogens (tertiary/aromatic N) is 2. The van der Waals surface area contributed by atoms with Gasteiger partial charge < -0.3 is 0 Å². The van der Waals surface area contributed by atoms with Gasteiger partial charge in [-0.2, -0.15) is 10.2 Å². The third kappa shape index (κ3) is 1.85. The standard InChI is InChI=1S/C10H12FN2/c11-9-6-7-12-13-10(9)8-4-2-1-3-5-8/h2,6-8H,1,3-5H2. The highest BCUT2D eigenvalue weighted by Gasteiger charge is 2.20. The summed E-state index contributed by atoms with van der Waals surface area (Å²) >= 11 is 0. The van der Waals surface area contributed by atoms with Crippen LogP contribution in [0, 0.1) is 12.2 Å². The van der Waals surface area contributed by atoms with Gasteiger partial charge in [-0.05, 0) is 25.3 Å². The van der Waals surface area contributed by atoms with Gasteiger partial charge in [0.1, 0.15) is 11.5 Å². The maximum absolute atomic E-state index is 13.3. The lowest BCUT2D eigenvalue weighted by atomic mass is 9.87. The smallest absolute Gasteiger partial charge is 0.148 e. The van der Waals surface area contributed by atoms with Crippen molar-refractivity contribution in [3.05, 3.63) is 30.2 Å². The summed E-state index contributed by atoms with van der Waals surface area (Å²) < 4.78 is 13.3. The summed E-state index contributed by atoms with van der Waals surface area (Å²) in [5, 5.41) is 7.57. The number of rotatable bonds is 1. The van der Waals surface area contributed by atoms with E-state index in [2.05, 4.69) is 16.6 Å². The fourth-order valence-corrected chi connectivity index (χ4v) is 1.80. The van der Waals surface area contributed by atoms with E-state index in [0.29, 0.717) is 5.69 Å². The summed E-state index contributed by atoms with van der Waals surface area (Å²) in [7, 11) is 0. The second kappa shape index (κ2) is 3.81. The van der Waals surface area contributed by atoms with Crippen molar-refractivity contribution in [3.8, 4) is 0 Å². The normalized spacial score (nSPS) is 18.8. The molecule has 2 rings (SSSR count). The zero-order chi connectivity index (χ0) is 9.10. The minimum atomic E-state index is -0.213. The van der Waals surface area contributed by atoms with Crippen molar-refractivity contribution in [2.24, 2.45) is 0 Å². The Bertz CT molecular complexity index is 282. The number of hydrogen-bond acceptors (Lipinski definition) is 2. The second-order valence-electron chi connectivity index (χ2n) is 3.42. The topological polar surface area (TPSA) is 25.8 Å². The quantitative estimate of drug-likeness (QED) is 0.661. The monoisotopic (exact) mass is 179 g/mol. The Kier molecular flexibility index (Phi) is 2.52. The van der Waals surface area contributed by atoms with Crippen LogP contribution in [0.25, 0.3) is 0 Å². The first-order valence-corrected chi connectivity index (χ1v) is 4.66. The zero-order valence-electron chi connectivity index (χ0n) is 7.41. The third-order valence-electron chi connectivity index (χ3n) is 2.50. The van der Waals surface area contributed by atoms with E-state index >= 15 is 0 Å². The Balaban J connectivity index is 2.18. The molecule has 0 amide bonds. The van der Waals surface area contributed by atoms with Crippen LogP contribution in [0.5, 0.6) is 0 Å². The molecule has 0 bridgehead atoms. The average Bonchev–Trinajstić information content (AvgIpc) is 2.20. The number of halogens is 1. The molecule has 0 saturated heterocycles. The highest BCUT2D eigenvalue weighted by molar-refractivity contribution is 5.11. The van der Waals surface area contributed by atoms with Crippen LogP contribution in [0.4, 0.5) is 4.39 Å². The van der Waals surface area contributed by atoms with Crippen LogP contribution in [0.1, 0.15) is 37.3 Å². The lowest BCUT2D eigenvalue weighted by Crippen LogP contribution is -2.09. The molecular formula is C10H12FN2. The highest BCUT2D eigenvalue weighted by atomic mass is 19.1.